The number of nitrogens with two attached hydrogens (primary N) is 1. The average Bonchev–Trinajstić information content (AvgIpc) is 2.68. The van der Waals surface area contributed by atoms with Crippen LogP contribution in [0.25, 0.3) is 10.7 Å². The first kappa shape index (κ1) is 14.7. The summed E-state index contributed by atoms with van der Waals surface area (Å²) in [6.45, 7) is 4.30. The lowest BCUT2D eigenvalue weighted by molar-refractivity contribution is 0.635. The molecule has 0 atom stereocenters. The van der Waals surface area contributed by atoms with Crippen molar-refractivity contribution >= 4 is 44.7 Å². The smallest absolute Gasteiger partial charge is 0.172 e. The average molecular weight is 362 g/mol. The van der Waals surface area contributed by atoms with Gasteiger partial charge in [-0.25, -0.2) is 15.8 Å². The Bertz CT molecular complexity index is 566. The molecule has 3 N–H and O–H groups in total. The van der Waals surface area contributed by atoms with E-state index in [1.54, 1.807) is 0 Å². The molecule has 0 bridgehead atoms. The minimum atomic E-state index is 0.520. The maximum absolute atomic E-state index is 6.05. The Labute approximate surface area is 129 Å². The van der Waals surface area contributed by atoms with E-state index in [1.807, 2.05) is 12.1 Å². The lowest BCUT2D eigenvalue weighted by Gasteiger charge is -2.08. The molecule has 0 aliphatic rings. The van der Waals surface area contributed by atoms with Gasteiger partial charge in [0.1, 0.15) is 10.2 Å². The normalized spacial score (nSPS) is 11.1. The van der Waals surface area contributed by atoms with E-state index in [9.17, 15) is 0 Å². The van der Waals surface area contributed by atoms with Crippen LogP contribution in [-0.2, 0) is 6.42 Å². The number of nitrogens with one attached hydrogen (secondary N) is 1. The van der Waals surface area contributed by atoms with E-state index in [0.717, 1.165) is 21.5 Å². The van der Waals surface area contributed by atoms with Crippen molar-refractivity contribution in [2.75, 3.05) is 5.43 Å². The molecule has 0 aromatic carbocycles. The molecule has 0 saturated carbocycles. The first-order chi connectivity index (χ1) is 8.99. The number of aromatic nitrogens is 2. The molecule has 0 unspecified atom stereocenters. The zero-order chi connectivity index (χ0) is 14.0. The lowest BCUT2D eigenvalue weighted by Crippen LogP contribution is -2.11. The van der Waals surface area contributed by atoms with Crippen LogP contribution in [0.2, 0.25) is 4.34 Å². The van der Waals surface area contributed by atoms with Crippen LogP contribution < -0.4 is 11.3 Å². The summed E-state index contributed by atoms with van der Waals surface area (Å²) in [6.07, 6.45) is 0.879. The van der Waals surface area contributed by atoms with Crippen molar-refractivity contribution in [3.8, 4) is 10.7 Å². The van der Waals surface area contributed by atoms with Crippen LogP contribution in [-0.4, -0.2) is 9.97 Å². The van der Waals surface area contributed by atoms with Gasteiger partial charge in [-0.1, -0.05) is 25.4 Å². The third-order valence-electron chi connectivity index (χ3n) is 2.41. The van der Waals surface area contributed by atoms with Gasteiger partial charge in [-0.3, -0.25) is 0 Å². The summed E-state index contributed by atoms with van der Waals surface area (Å²) in [4.78, 5) is 9.85. The highest BCUT2D eigenvalue weighted by Crippen LogP contribution is 2.37. The van der Waals surface area contributed by atoms with E-state index in [1.165, 1.54) is 11.3 Å². The van der Waals surface area contributed by atoms with E-state index < -0.39 is 0 Å². The maximum atomic E-state index is 6.05. The molecule has 0 radical (unpaired) electrons. The van der Waals surface area contributed by atoms with Gasteiger partial charge in [-0.15, -0.1) is 11.3 Å². The fraction of sp³-hybridized carbons (Fsp3) is 0.333. The van der Waals surface area contributed by atoms with Gasteiger partial charge in [-0.2, -0.15) is 0 Å². The molecule has 0 aliphatic carbocycles. The minimum absolute atomic E-state index is 0.520. The summed E-state index contributed by atoms with van der Waals surface area (Å²) >= 11 is 10.9. The monoisotopic (exact) mass is 360 g/mol. The van der Waals surface area contributed by atoms with Crippen molar-refractivity contribution in [3.05, 3.63) is 26.6 Å². The Balaban J connectivity index is 2.44. The number of hydrogen-bond donors (Lipinski definition) is 2. The van der Waals surface area contributed by atoms with Gasteiger partial charge in [0.25, 0.3) is 0 Å². The molecule has 102 valence electrons. The van der Waals surface area contributed by atoms with E-state index in [4.69, 9.17) is 17.4 Å². The number of nitrogen functional groups attached to an aromatic ring is 1. The van der Waals surface area contributed by atoms with Crippen LogP contribution in [0, 0.1) is 5.92 Å². The first-order valence-electron chi connectivity index (χ1n) is 5.79. The van der Waals surface area contributed by atoms with Gasteiger partial charge in [0.15, 0.2) is 5.82 Å². The van der Waals surface area contributed by atoms with Crippen LogP contribution >= 0.6 is 38.9 Å². The van der Waals surface area contributed by atoms with Gasteiger partial charge in [0.2, 0.25) is 0 Å². The molecular formula is C12H14BrClN4S. The second kappa shape index (κ2) is 6.17. The van der Waals surface area contributed by atoms with E-state index >= 15 is 0 Å². The summed E-state index contributed by atoms with van der Waals surface area (Å²) in [5, 5.41) is 0. The molecule has 0 spiro atoms. The van der Waals surface area contributed by atoms with Crippen molar-refractivity contribution in [1.82, 2.24) is 9.97 Å². The Hall–Kier alpha value is -0.690. The fourth-order valence-corrected chi connectivity index (χ4v) is 3.30. The zero-order valence-corrected chi connectivity index (χ0v) is 13.7. The van der Waals surface area contributed by atoms with Gasteiger partial charge < -0.3 is 5.43 Å². The van der Waals surface area contributed by atoms with Crippen molar-refractivity contribution in [1.29, 1.82) is 0 Å². The molecule has 4 nitrogen and oxygen atoms in total. The van der Waals surface area contributed by atoms with Crippen molar-refractivity contribution in [2.45, 2.75) is 20.3 Å². The van der Waals surface area contributed by atoms with Gasteiger partial charge in [-0.05, 0) is 34.3 Å². The summed E-state index contributed by atoms with van der Waals surface area (Å²) in [5.41, 5.74) is 3.55. The van der Waals surface area contributed by atoms with E-state index in [0.29, 0.717) is 21.9 Å². The van der Waals surface area contributed by atoms with Crippen LogP contribution in [0.4, 0.5) is 5.82 Å². The standard InChI is InChI=1S/C12H14BrClN4S/c1-6(2)3-7-4-10(18-15)17-12(16-7)9-5-8(13)11(14)19-9/h4-6H,3,15H2,1-2H3,(H,16,17,18). The predicted molar refractivity (Wildman–Crippen MR) is 84.4 cm³/mol. The van der Waals surface area contributed by atoms with Gasteiger partial charge in [0, 0.05) is 16.2 Å². The highest BCUT2D eigenvalue weighted by Gasteiger charge is 2.12. The third kappa shape index (κ3) is 3.66. The van der Waals surface area contributed by atoms with Crippen molar-refractivity contribution < 1.29 is 0 Å². The molecular weight excluding hydrogens is 348 g/mol. The number of hydrogen-bond acceptors (Lipinski definition) is 5. The molecule has 0 fully saturated rings. The van der Waals surface area contributed by atoms with Crippen LogP contribution in [0.5, 0.6) is 0 Å². The Morgan fingerprint density at radius 2 is 2.16 bits per heavy atom. The highest BCUT2D eigenvalue weighted by molar-refractivity contribution is 9.10. The van der Waals surface area contributed by atoms with Crippen LogP contribution in [0.15, 0.2) is 16.6 Å². The summed E-state index contributed by atoms with van der Waals surface area (Å²) < 4.78 is 1.55. The SMILES string of the molecule is CC(C)Cc1cc(NN)nc(-c2cc(Br)c(Cl)s2)n1. The molecule has 2 heterocycles. The Morgan fingerprint density at radius 3 is 2.68 bits per heavy atom. The third-order valence-corrected chi connectivity index (χ3v) is 4.88. The molecule has 2 aromatic heterocycles. The summed E-state index contributed by atoms with van der Waals surface area (Å²) in [6, 6.07) is 3.79. The number of anilines is 1. The minimum Gasteiger partial charge on any atom is -0.308 e. The highest BCUT2D eigenvalue weighted by atomic mass is 79.9. The Kier molecular flexibility index (Phi) is 4.78. The maximum Gasteiger partial charge on any atom is 0.172 e. The predicted octanol–water partition coefficient (Wildman–Crippen LogP) is 4.11. The summed E-state index contributed by atoms with van der Waals surface area (Å²) in [5.74, 6) is 7.23. The molecule has 0 saturated heterocycles. The summed E-state index contributed by atoms with van der Waals surface area (Å²) in [7, 11) is 0. The molecule has 2 aromatic rings. The van der Waals surface area contributed by atoms with Crippen LogP contribution in [0.1, 0.15) is 19.5 Å². The number of halogens is 2. The van der Waals surface area contributed by atoms with Crippen molar-refractivity contribution in [2.24, 2.45) is 11.8 Å². The number of thiophene rings is 1. The number of rotatable bonds is 4. The molecule has 0 aliphatic heterocycles. The van der Waals surface area contributed by atoms with Gasteiger partial charge in [0.05, 0.1) is 4.88 Å². The van der Waals surface area contributed by atoms with Crippen molar-refractivity contribution in [3.63, 3.8) is 0 Å². The van der Waals surface area contributed by atoms with E-state index in [-0.39, 0.29) is 0 Å². The number of nitrogens with zero attached hydrogens (tertiary/aromatic N) is 2. The fourth-order valence-electron chi connectivity index (χ4n) is 1.66. The molecule has 0 amide bonds. The second-order valence-corrected chi connectivity index (χ2v) is 7.05. The quantitative estimate of drug-likeness (QED) is 0.635. The molecule has 7 heteroatoms. The van der Waals surface area contributed by atoms with Gasteiger partial charge >= 0.3 is 0 Å². The topological polar surface area (TPSA) is 63.8 Å². The second-order valence-electron chi connectivity index (χ2n) is 4.54. The molecule has 19 heavy (non-hydrogen) atoms. The first-order valence-corrected chi connectivity index (χ1v) is 7.78. The zero-order valence-electron chi connectivity index (χ0n) is 10.6. The molecule has 2 rings (SSSR count). The largest absolute Gasteiger partial charge is 0.308 e. The Morgan fingerprint density at radius 1 is 1.42 bits per heavy atom. The van der Waals surface area contributed by atoms with Crippen LogP contribution in [0.3, 0.4) is 0 Å². The number of hydrazine groups is 1. The lowest BCUT2D eigenvalue weighted by atomic mass is 10.1. The van der Waals surface area contributed by atoms with E-state index in [2.05, 4.69) is 45.2 Å².